The first-order valence-corrected chi connectivity index (χ1v) is 5.86. The van der Waals surface area contributed by atoms with Crippen molar-refractivity contribution < 1.29 is 19.4 Å². The number of methoxy groups -OCH3 is 1. The Balaban J connectivity index is 3.67. The molecule has 0 aliphatic carbocycles. The molecule has 6 heteroatoms. The van der Waals surface area contributed by atoms with Crippen molar-refractivity contribution in [3.63, 3.8) is 0 Å². The number of carboxylic acid groups (broad SMARTS) is 1. The second-order valence-electron chi connectivity index (χ2n) is 2.91. The maximum atomic E-state index is 11.2. The second kappa shape index (κ2) is 8.55. The molecule has 0 aromatic carbocycles. The SMILES string of the molecule is CCC(NC(=O)CSCCOC)C(=O)O. The number of carbonyl (C=O) groups excluding carboxylic acids is 1. The van der Waals surface area contributed by atoms with Gasteiger partial charge < -0.3 is 15.2 Å². The fourth-order valence-electron chi connectivity index (χ4n) is 0.882. The fraction of sp³-hybridized carbons (Fsp3) is 0.778. The van der Waals surface area contributed by atoms with Crippen LogP contribution in [0.5, 0.6) is 0 Å². The van der Waals surface area contributed by atoms with Gasteiger partial charge in [0.05, 0.1) is 12.4 Å². The van der Waals surface area contributed by atoms with Crippen LogP contribution in [0.2, 0.25) is 0 Å². The lowest BCUT2D eigenvalue weighted by Gasteiger charge is -2.11. The van der Waals surface area contributed by atoms with Crippen LogP contribution < -0.4 is 5.32 Å². The van der Waals surface area contributed by atoms with E-state index in [2.05, 4.69) is 5.32 Å². The number of thioether (sulfide) groups is 1. The maximum Gasteiger partial charge on any atom is 0.326 e. The minimum atomic E-state index is -0.993. The van der Waals surface area contributed by atoms with Gasteiger partial charge in [-0.3, -0.25) is 4.79 Å². The predicted octanol–water partition coefficient (Wildman–Crippen LogP) is 0.345. The Morgan fingerprint density at radius 2 is 2.20 bits per heavy atom. The molecule has 0 heterocycles. The smallest absolute Gasteiger partial charge is 0.326 e. The lowest BCUT2D eigenvalue weighted by atomic mass is 10.2. The molecule has 5 nitrogen and oxygen atoms in total. The number of hydrogen-bond acceptors (Lipinski definition) is 4. The van der Waals surface area contributed by atoms with E-state index < -0.39 is 12.0 Å². The first-order valence-electron chi connectivity index (χ1n) is 4.70. The van der Waals surface area contributed by atoms with Crippen molar-refractivity contribution in [3.8, 4) is 0 Å². The van der Waals surface area contributed by atoms with E-state index in [-0.39, 0.29) is 11.7 Å². The zero-order chi connectivity index (χ0) is 11.7. The Kier molecular flexibility index (Phi) is 8.12. The van der Waals surface area contributed by atoms with Crippen molar-refractivity contribution in [1.82, 2.24) is 5.32 Å². The summed E-state index contributed by atoms with van der Waals surface area (Å²) in [4.78, 5) is 21.8. The van der Waals surface area contributed by atoms with Gasteiger partial charge in [-0.15, -0.1) is 11.8 Å². The number of ether oxygens (including phenoxy) is 1. The molecule has 0 aliphatic heterocycles. The molecule has 0 aromatic rings. The number of hydrogen-bond donors (Lipinski definition) is 2. The van der Waals surface area contributed by atoms with E-state index in [1.165, 1.54) is 11.8 Å². The third-order valence-electron chi connectivity index (χ3n) is 1.71. The molecule has 1 unspecified atom stereocenters. The minimum Gasteiger partial charge on any atom is -0.480 e. The van der Waals surface area contributed by atoms with Crippen LogP contribution in [-0.4, -0.2) is 48.2 Å². The van der Waals surface area contributed by atoms with Gasteiger partial charge in [0.2, 0.25) is 5.91 Å². The summed E-state index contributed by atoms with van der Waals surface area (Å²) < 4.78 is 4.82. The lowest BCUT2D eigenvalue weighted by Crippen LogP contribution is -2.41. The van der Waals surface area contributed by atoms with Crippen molar-refractivity contribution in [2.75, 3.05) is 25.2 Å². The average molecular weight is 235 g/mol. The van der Waals surface area contributed by atoms with Crippen LogP contribution in [-0.2, 0) is 14.3 Å². The maximum absolute atomic E-state index is 11.2. The van der Waals surface area contributed by atoms with Crippen LogP contribution in [0.4, 0.5) is 0 Å². The van der Waals surface area contributed by atoms with E-state index >= 15 is 0 Å². The van der Waals surface area contributed by atoms with E-state index in [9.17, 15) is 9.59 Å². The molecule has 1 amide bonds. The highest BCUT2D eigenvalue weighted by Gasteiger charge is 2.16. The number of nitrogens with one attached hydrogen (secondary N) is 1. The fourth-order valence-corrected chi connectivity index (χ4v) is 1.58. The van der Waals surface area contributed by atoms with Gasteiger partial charge in [-0.2, -0.15) is 0 Å². The number of aliphatic carboxylic acids is 1. The van der Waals surface area contributed by atoms with Crippen molar-refractivity contribution in [2.45, 2.75) is 19.4 Å². The van der Waals surface area contributed by atoms with Crippen molar-refractivity contribution in [3.05, 3.63) is 0 Å². The molecule has 0 aliphatic rings. The van der Waals surface area contributed by atoms with E-state index in [1.54, 1.807) is 14.0 Å². The molecule has 1 atom stereocenters. The topological polar surface area (TPSA) is 75.6 Å². The van der Waals surface area contributed by atoms with Crippen LogP contribution in [0.25, 0.3) is 0 Å². The molecule has 0 spiro atoms. The van der Waals surface area contributed by atoms with E-state index in [0.717, 1.165) is 5.75 Å². The van der Waals surface area contributed by atoms with Crippen LogP contribution >= 0.6 is 11.8 Å². The first kappa shape index (κ1) is 14.2. The van der Waals surface area contributed by atoms with E-state index in [4.69, 9.17) is 9.84 Å². The third kappa shape index (κ3) is 7.21. The average Bonchev–Trinajstić information content (AvgIpc) is 2.20. The predicted molar refractivity (Wildman–Crippen MR) is 59.1 cm³/mol. The molecule has 0 saturated carbocycles. The van der Waals surface area contributed by atoms with Gasteiger partial charge in [0.1, 0.15) is 6.04 Å². The summed E-state index contributed by atoms with van der Waals surface area (Å²) in [6.45, 7) is 2.31. The third-order valence-corrected chi connectivity index (χ3v) is 2.63. The molecule has 2 N–H and O–H groups in total. The summed E-state index contributed by atoms with van der Waals surface area (Å²) in [5, 5.41) is 11.1. The first-order chi connectivity index (χ1) is 7.11. The standard InChI is InChI=1S/C9H17NO4S/c1-3-7(9(12)13)10-8(11)6-15-5-4-14-2/h7H,3-6H2,1-2H3,(H,10,11)(H,12,13). The van der Waals surface area contributed by atoms with Gasteiger partial charge in [0, 0.05) is 12.9 Å². The Morgan fingerprint density at radius 3 is 2.67 bits per heavy atom. The van der Waals surface area contributed by atoms with E-state index in [0.29, 0.717) is 13.0 Å². The monoisotopic (exact) mass is 235 g/mol. The number of carbonyl (C=O) groups is 2. The van der Waals surface area contributed by atoms with Crippen molar-refractivity contribution >= 4 is 23.6 Å². The zero-order valence-corrected chi connectivity index (χ0v) is 9.80. The van der Waals surface area contributed by atoms with E-state index in [1.807, 2.05) is 0 Å². The summed E-state index contributed by atoms with van der Waals surface area (Å²) in [7, 11) is 1.60. The summed E-state index contributed by atoms with van der Waals surface area (Å²) >= 11 is 1.42. The van der Waals surface area contributed by atoms with Gasteiger partial charge in [-0.05, 0) is 6.42 Å². The largest absolute Gasteiger partial charge is 0.480 e. The molecular weight excluding hydrogens is 218 g/mol. The van der Waals surface area contributed by atoms with Gasteiger partial charge >= 0.3 is 5.97 Å². The summed E-state index contributed by atoms with van der Waals surface area (Å²) in [5.74, 6) is -0.237. The van der Waals surface area contributed by atoms with Gasteiger partial charge in [-0.1, -0.05) is 6.92 Å². The van der Waals surface area contributed by atoms with Crippen LogP contribution in [0.3, 0.4) is 0 Å². The highest BCUT2D eigenvalue weighted by Crippen LogP contribution is 1.99. The molecule has 0 bridgehead atoms. The molecule has 0 aromatic heterocycles. The summed E-state index contributed by atoms with van der Waals surface area (Å²) in [6, 6.07) is -0.777. The molecular formula is C9H17NO4S. The quantitative estimate of drug-likeness (QED) is 0.594. The van der Waals surface area contributed by atoms with Gasteiger partial charge in [0.25, 0.3) is 0 Å². The normalized spacial score (nSPS) is 12.1. The lowest BCUT2D eigenvalue weighted by molar-refractivity contribution is -0.141. The Bertz CT molecular complexity index is 210. The summed E-state index contributed by atoms with van der Waals surface area (Å²) in [5.41, 5.74) is 0. The number of carboxylic acids is 1. The van der Waals surface area contributed by atoms with Gasteiger partial charge in [-0.25, -0.2) is 4.79 Å². The molecule has 0 radical (unpaired) electrons. The highest BCUT2D eigenvalue weighted by atomic mass is 32.2. The van der Waals surface area contributed by atoms with Crippen molar-refractivity contribution in [1.29, 1.82) is 0 Å². The Labute approximate surface area is 93.6 Å². The molecule has 0 rings (SSSR count). The zero-order valence-electron chi connectivity index (χ0n) is 8.99. The molecule has 15 heavy (non-hydrogen) atoms. The number of rotatable bonds is 8. The molecule has 0 saturated heterocycles. The Morgan fingerprint density at radius 1 is 1.53 bits per heavy atom. The minimum absolute atomic E-state index is 0.245. The van der Waals surface area contributed by atoms with Crippen LogP contribution in [0, 0.1) is 0 Å². The van der Waals surface area contributed by atoms with Crippen LogP contribution in [0.15, 0.2) is 0 Å². The molecule has 0 fully saturated rings. The highest BCUT2D eigenvalue weighted by molar-refractivity contribution is 7.99. The summed E-state index contributed by atoms with van der Waals surface area (Å²) in [6.07, 6.45) is 0.393. The van der Waals surface area contributed by atoms with Crippen molar-refractivity contribution in [2.24, 2.45) is 0 Å². The van der Waals surface area contributed by atoms with Crippen LogP contribution in [0.1, 0.15) is 13.3 Å². The second-order valence-corrected chi connectivity index (χ2v) is 4.02. The molecule has 88 valence electrons. The Hall–Kier alpha value is -0.750. The van der Waals surface area contributed by atoms with Gasteiger partial charge in [0.15, 0.2) is 0 Å². The number of amides is 1.